The maximum Gasteiger partial charge on any atom is 0.300 e. The van der Waals surface area contributed by atoms with Crippen molar-refractivity contribution >= 4 is 117 Å². The molecule has 1 aromatic heterocycles. The maximum atomic E-state index is 14.9. The molecule has 1 heterocycles. The first-order valence-corrected chi connectivity index (χ1v) is 36.9. The summed E-state index contributed by atoms with van der Waals surface area (Å²) in [4.78, 5) is 218. The fraction of sp³-hybridized carbons (Fsp3) is 0.549. The summed E-state index contributed by atoms with van der Waals surface area (Å²) in [7, 11) is 0. The monoisotopic (exact) mass is 1590 g/mol. The molecular weight excluding hydrogens is 1470 g/mol. The van der Waals surface area contributed by atoms with E-state index in [0.29, 0.717) is 34.9 Å². The minimum Gasteiger partial charge on any atom is -0.481 e. The molecule has 0 radical (unpaired) electrons. The normalized spacial score (nSPS) is 14.1. The van der Waals surface area contributed by atoms with Gasteiger partial charge in [-0.3, -0.25) is 86.9 Å². The summed E-state index contributed by atoms with van der Waals surface area (Å²) < 4.78 is 0. The molecule has 3 aromatic rings. The van der Waals surface area contributed by atoms with Crippen LogP contribution in [0.3, 0.4) is 0 Å². The number of hydrogen-bond acceptors (Lipinski definition) is 20. The number of rotatable bonds is 52. The molecule has 42 heteroatoms. The Bertz CT molecular complexity index is 3760. The molecule has 0 fully saturated rings. The van der Waals surface area contributed by atoms with Gasteiger partial charge in [0, 0.05) is 62.9 Å². The van der Waals surface area contributed by atoms with E-state index in [9.17, 15) is 67.1 Å². The van der Waals surface area contributed by atoms with Crippen LogP contribution in [0.25, 0.3) is 10.9 Å². The molecule has 0 saturated carbocycles. The average molecular weight is 1590 g/mol. The van der Waals surface area contributed by atoms with Gasteiger partial charge < -0.3 is 132 Å². The molecule has 36 N–H and O–H groups in total. The summed E-state index contributed by atoms with van der Waals surface area (Å²) >= 11 is 0. The van der Waals surface area contributed by atoms with E-state index in [1.807, 2.05) is 0 Å². The van der Waals surface area contributed by atoms with Crippen LogP contribution in [-0.4, -0.2) is 209 Å². The third-order valence-corrected chi connectivity index (χ3v) is 17.4. The Morgan fingerprint density at radius 3 is 1.24 bits per heavy atom. The predicted octanol–water partition coefficient (Wildman–Crippen LogP) is -6.90. The smallest absolute Gasteiger partial charge is 0.300 e. The number of para-hydroxylation sites is 1. The number of aromatic amines is 1. The highest BCUT2D eigenvalue weighted by molar-refractivity contribution is 6.01. The van der Waals surface area contributed by atoms with E-state index in [1.165, 1.54) is 0 Å². The molecule has 0 spiro atoms. The van der Waals surface area contributed by atoms with E-state index in [0.717, 1.165) is 6.92 Å². The van der Waals surface area contributed by atoms with Crippen LogP contribution in [0.4, 0.5) is 0 Å². The quantitative estimate of drug-likeness (QED) is 0.0142. The van der Waals surface area contributed by atoms with Crippen LogP contribution in [0.1, 0.15) is 142 Å². The topological polar surface area (TPSA) is 762 Å². The summed E-state index contributed by atoms with van der Waals surface area (Å²) in [6.07, 6.45) is -0.694. The van der Waals surface area contributed by atoms with E-state index in [2.05, 4.69) is 73.1 Å². The van der Waals surface area contributed by atoms with Crippen molar-refractivity contribution in [2.45, 2.75) is 210 Å². The lowest BCUT2D eigenvalue weighted by molar-refractivity contribution is -0.137. The zero-order valence-corrected chi connectivity index (χ0v) is 64.5. The number of aliphatic imine (C=N–C) groups is 3. The van der Waals surface area contributed by atoms with Gasteiger partial charge in [0.1, 0.15) is 60.4 Å². The van der Waals surface area contributed by atoms with Crippen LogP contribution in [0, 0.1) is 11.8 Å². The Kier molecular flexibility index (Phi) is 43.9. The Balaban J connectivity index is 0.0000106. The second kappa shape index (κ2) is 51.3. The number of amides is 14. The number of nitrogens with zero attached hydrogens (tertiary/aromatic N) is 3. The van der Waals surface area contributed by atoms with Crippen LogP contribution in [0.15, 0.2) is 75.8 Å². The van der Waals surface area contributed by atoms with Crippen molar-refractivity contribution in [3.63, 3.8) is 0 Å². The summed E-state index contributed by atoms with van der Waals surface area (Å²) in [5.74, 6) is -16.5. The lowest BCUT2D eigenvalue weighted by Gasteiger charge is -2.30. The number of fused-ring (bicyclic) bond motifs is 1. The molecule has 3 rings (SSSR count). The molecule has 0 unspecified atom stereocenters. The number of H-pyrrole nitrogens is 1. The Morgan fingerprint density at radius 1 is 0.425 bits per heavy atom. The largest absolute Gasteiger partial charge is 0.481 e. The highest BCUT2D eigenvalue weighted by Crippen LogP contribution is 2.21. The molecule has 0 aliphatic heterocycles. The lowest BCUT2D eigenvalue weighted by Crippen LogP contribution is -2.62. The Labute approximate surface area is 654 Å². The first-order chi connectivity index (χ1) is 53.3. The number of primary amides is 4. The van der Waals surface area contributed by atoms with Gasteiger partial charge in [-0.1, -0.05) is 82.6 Å². The van der Waals surface area contributed by atoms with Crippen LogP contribution >= 0.6 is 0 Å². The minimum absolute atomic E-state index is 0.0225. The van der Waals surface area contributed by atoms with Crippen molar-refractivity contribution in [2.24, 2.45) is 95.6 Å². The van der Waals surface area contributed by atoms with Gasteiger partial charge in [0.05, 0.1) is 12.5 Å². The first kappa shape index (κ1) is 96.8. The molecule has 2 aromatic carbocycles. The highest BCUT2D eigenvalue weighted by atomic mass is 16.4. The minimum atomic E-state index is -1.90. The summed E-state index contributed by atoms with van der Waals surface area (Å²) in [5.41, 5.74) is 69.4. The predicted molar refractivity (Wildman–Crippen MR) is 420 cm³/mol. The molecular formula is C71H116N26O16. The van der Waals surface area contributed by atoms with Crippen LogP contribution in [-0.2, 0) is 84.8 Å². The van der Waals surface area contributed by atoms with Crippen molar-refractivity contribution in [1.82, 2.24) is 58.2 Å². The van der Waals surface area contributed by atoms with Gasteiger partial charge in [-0.25, -0.2) is 0 Å². The molecule has 626 valence electrons. The van der Waals surface area contributed by atoms with Gasteiger partial charge >= 0.3 is 0 Å². The van der Waals surface area contributed by atoms with E-state index >= 15 is 0 Å². The van der Waals surface area contributed by atoms with Gasteiger partial charge in [-0.15, -0.1) is 0 Å². The number of unbranched alkanes of at least 4 members (excludes halogenated alkanes) is 1. The number of aromatic nitrogens is 1. The number of carbonyl (C=O) groups excluding carboxylic acids is 14. The average Bonchev–Trinajstić information content (AvgIpc) is 1.69. The number of carboxylic acids is 1. The Morgan fingerprint density at radius 2 is 0.796 bits per heavy atom. The SMILES string of the molecule is CC(=O)O.CC[C@H](C)[C@H](NC(=O)[C@H](CC(N)=O)NC(=O)[C@H](CCCN=C(N)N)NC(=O)[C@H](CCC(N)=O)NC(=O)[C@H](Cc1c[nH]c2ccccc12)NC(=O)[C@H](CCC(N)=O)NC(=O)[C@@H](N)Cc1ccccc1)C(=O)N[C@@H](CCCN=C(N)N)C(=O)N[C@@H](CCCCN)C(=O)N[C@H](C(=O)N[C@@H](CCCN=C(N)N)C(N)=O)C(C)C. The van der Waals surface area contributed by atoms with Gasteiger partial charge in [0.2, 0.25) is 82.7 Å². The number of benzene rings is 2. The summed E-state index contributed by atoms with van der Waals surface area (Å²) in [5, 5.41) is 33.8. The number of nitrogens with one attached hydrogen (secondary N) is 11. The molecule has 42 nitrogen and oxygen atoms in total. The number of hydrogen-bond donors (Lipinski definition) is 24. The van der Waals surface area contributed by atoms with E-state index in [4.69, 9.17) is 78.7 Å². The lowest BCUT2D eigenvalue weighted by atomic mass is 9.96. The number of carboxylic acid groups (broad SMARTS) is 1. The number of guanidine groups is 3. The number of nitrogens with two attached hydrogens (primary N) is 12. The molecule has 12 atom stereocenters. The van der Waals surface area contributed by atoms with Gasteiger partial charge in [-0.05, 0) is 113 Å². The van der Waals surface area contributed by atoms with Crippen LogP contribution < -0.4 is 122 Å². The van der Waals surface area contributed by atoms with Gasteiger partial charge in [0.25, 0.3) is 5.97 Å². The maximum absolute atomic E-state index is 14.9. The molecule has 0 saturated heterocycles. The van der Waals surface area contributed by atoms with Crippen molar-refractivity contribution in [2.75, 3.05) is 26.2 Å². The molecule has 0 aliphatic rings. The third-order valence-electron chi connectivity index (χ3n) is 17.4. The highest BCUT2D eigenvalue weighted by Gasteiger charge is 2.38. The first-order valence-electron chi connectivity index (χ1n) is 36.9. The second-order valence-corrected chi connectivity index (χ2v) is 27.2. The number of carbonyl (C=O) groups is 15. The fourth-order valence-electron chi connectivity index (χ4n) is 11.2. The molecule has 0 aliphatic carbocycles. The summed E-state index contributed by atoms with van der Waals surface area (Å²) in [6.45, 7) is 7.73. The third kappa shape index (κ3) is 38.3. The molecule has 0 bridgehead atoms. The Hall–Kier alpha value is -12.2. The van der Waals surface area contributed by atoms with Gasteiger partial charge in [-0.2, -0.15) is 0 Å². The molecule has 113 heavy (non-hydrogen) atoms. The van der Waals surface area contributed by atoms with E-state index in [1.54, 1.807) is 88.5 Å². The van der Waals surface area contributed by atoms with Gasteiger partial charge in [0.15, 0.2) is 17.9 Å². The standard InChI is InChI=1S/C69H112N26O14.C2H4O2/c1-5-37(4)55(66(109)91-46(23-15-31-84-69(80)81)58(101)88-44(20-11-12-28-70)62(105)94-54(36(2)3)65(108)86-43(56(75)99)21-13-29-82-67(76)77)95-64(107)50(34-53(74)98)93-59(102)45(22-14-30-83-68(78)79)89-60(103)48(25-27-52(73)97)90-63(106)49(33-39-35-85-42-19-10-9-18-40(39)42)92-61(104)47(24-26-51(72)96)87-57(100)41(71)32-38-16-7-6-8-17-38;1-2(3)4/h6-10,16-19,35-37,41,43-50,54-55,85H,5,11-15,20-34,70-71H2,1-4H3,(H2,72,96)(H2,73,97)(H2,74,98)(H2,75,99)(H,86,108)(H,87,100)(H,88,101)(H,89,103)(H,90,106)(H,91,109)(H,92,104)(H,93,102)(H,94,105)(H,95,107)(H4,76,77,82)(H4,78,79,83)(H4,80,81,84);1H3,(H,3,4)/t37-,41-,43-,44-,45-,46-,47-,48-,49-,50-,54-,55-;/m0./s1. The van der Waals surface area contributed by atoms with Crippen molar-refractivity contribution < 1.29 is 77.0 Å². The van der Waals surface area contributed by atoms with Crippen LogP contribution in [0.5, 0.6) is 0 Å². The molecule has 14 amide bonds. The summed E-state index contributed by atoms with van der Waals surface area (Å²) in [6, 6.07) is -0.786. The second-order valence-electron chi connectivity index (χ2n) is 27.2. The van der Waals surface area contributed by atoms with Crippen molar-refractivity contribution in [3.8, 4) is 0 Å². The van der Waals surface area contributed by atoms with E-state index < -0.39 is 193 Å². The fourth-order valence-corrected chi connectivity index (χ4v) is 11.2. The van der Waals surface area contributed by atoms with E-state index in [-0.39, 0.29) is 115 Å². The van der Waals surface area contributed by atoms with Crippen molar-refractivity contribution in [3.05, 3.63) is 71.9 Å². The van der Waals surface area contributed by atoms with Crippen molar-refractivity contribution in [1.29, 1.82) is 0 Å². The van der Waals surface area contributed by atoms with Crippen LogP contribution in [0.2, 0.25) is 0 Å². The zero-order chi connectivity index (χ0) is 85.0. The zero-order valence-electron chi connectivity index (χ0n) is 64.5. The number of aliphatic carboxylic acids is 1.